The SMILES string of the molecule is CCCc1ccc2c(c1)C1(N=C(C(C)CC)N(C)O1)C1(CCC(OC)CC1)C2. The molecule has 1 fully saturated rings. The van der Waals surface area contributed by atoms with E-state index in [4.69, 9.17) is 14.6 Å². The van der Waals surface area contributed by atoms with E-state index < -0.39 is 5.72 Å². The minimum absolute atomic E-state index is 0.0403. The highest BCUT2D eigenvalue weighted by molar-refractivity contribution is 5.85. The molecule has 28 heavy (non-hydrogen) atoms. The average molecular weight is 385 g/mol. The zero-order valence-corrected chi connectivity index (χ0v) is 18.3. The summed E-state index contributed by atoms with van der Waals surface area (Å²) in [5.41, 5.74) is 3.64. The van der Waals surface area contributed by atoms with Crippen LogP contribution in [0, 0.1) is 11.3 Å². The predicted octanol–water partition coefficient (Wildman–Crippen LogP) is 5.25. The van der Waals surface area contributed by atoms with E-state index in [1.54, 1.807) is 0 Å². The van der Waals surface area contributed by atoms with Gasteiger partial charge in [0.05, 0.1) is 6.10 Å². The van der Waals surface area contributed by atoms with Gasteiger partial charge in [0.2, 0.25) is 5.72 Å². The van der Waals surface area contributed by atoms with E-state index in [2.05, 4.69) is 39.0 Å². The van der Waals surface area contributed by atoms with Crippen LogP contribution in [0.3, 0.4) is 0 Å². The van der Waals surface area contributed by atoms with Crippen molar-refractivity contribution in [1.82, 2.24) is 5.06 Å². The summed E-state index contributed by atoms with van der Waals surface area (Å²) < 4.78 is 5.68. The Morgan fingerprint density at radius 3 is 2.68 bits per heavy atom. The van der Waals surface area contributed by atoms with Crippen molar-refractivity contribution in [3.05, 3.63) is 34.9 Å². The summed E-state index contributed by atoms with van der Waals surface area (Å²) in [7, 11) is 3.89. The van der Waals surface area contributed by atoms with Crippen LogP contribution in [-0.4, -0.2) is 31.2 Å². The molecule has 1 heterocycles. The fraction of sp³-hybridized carbons (Fsp3) is 0.708. The van der Waals surface area contributed by atoms with Crippen LogP contribution in [0.5, 0.6) is 0 Å². The van der Waals surface area contributed by atoms with Crippen molar-refractivity contribution < 1.29 is 9.57 Å². The molecule has 1 aromatic rings. The van der Waals surface area contributed by atoms with E-state index in [0.717, 1.165) is 57.2 Å². The first kappa shape index (κ1) is 19.9. The molecular formula is C24H36N2O2. The van der Waals surface area contributed by atoms with Gasteiger partial charge in [0, 0.05) is 31.1 Å². The van der Waals surface area contributed by atoms with E-state index in [9.17, 15) is 0 Å². The number of aliphatic imine (C=N–C) groups is 1. The number of ether oxygens (including phenoxy) is 1. The molecule has 2 spiro atoms. The van der Waals surface area contributed by atoms with Gasteiger partial charge in [-0.1, -0.05) is 45.4 Å². The smallest absolute Gasteiger partial charge is 0.218 e. The van der Waals surface area contributed by atoms with E-state index >= 15 is 0 Å². The molecule has 0 radical (unpaired) electrons. The molecule has 0 saturated heterocycles. The normalized spacial score (nSPS) is 32.8. The van der Waals surface area contributed by atoms with Crippen LogP contribution in [0.4, 0.5) is 0 Å². The second kappa shape index (κ2) is 7.46. The van der Waals surface area contributed by atoms with Crippen LogP contribution in [0.1, 0.15) is 76.0 Å². The number of rotatable bonds is 5. The number of methoxy groups -OCH3 is 1. The number of aryl methyl sites for hydroxylation is 1. The molecule has 2 unspecified atom stereocenters. The minimum atomic E-state index is -0.557. The summed E-state index contributed by atoms with van der Waals surface area (Å²) in [5.74, 6) is 1.50. The number of amidine groups is 1. The number of benzene rings is 1. The Balaban J connectivity index is 1.82. The summed E-state index contributed by atoms with van der Waals surface area (Å²) in [5, 5.41) is 1.97. The second-order valence-electron chi connectivity index (χ2n) is 9.15. The summed E-state index contributed by atoms with van der Waals surface area (Å²) >= 11 is 0. The maximum absolute atomic E-state index is 6.76. The van der Waals surface area contributed by atoms with Gasteiger partial charge in [-0.25, -0.2) is 14.9 Å². The first-order chi connectivity index (χ1) is 13.5. The standard InChI is InChI=1S/C24H36N2O2/c1-6-8-18-9-10-19-16-23(13-11-20(27-5)12-14-23)24(21(19)15-18)25-22(17(3)7-2)26(4)28-24/h9-10,15,17,20H,6-8,11-14,16H2,1-5H3. The summed E-state index contributed by atoms with van der Waals surface area (Å²) in [6, 6.07) is 7.06. The lowest BCUT2D eigenvalue weighted by Gasteiger charge is -2.45. The molecule has 4 heteroatoms. The van der Waals surface area contributed by atoms with E-state index in [1.165, 1.54) is 16.7 Å². The Labute approximate surface area is 170 Å². The van der Waals surface area contributed by atoms with Gasteiger partial charge in [-0.3, -0.25) is 0 Å². The van der Waals surface area contributed by atoms with Crippen molar-refractivity contribution in [3.8, 4) is 0 Å². The zero-order valence-electron chi connectivity index (χ0n) is 18.3. The van der Waals surface area contributed by atoms with Crippen molar-refractivity contribution in [2.45, 2.75) is 84.0 Å². The molecule has 3 aliphatic rings. The van der Waals surface area contributed by atoms with Crippen LogP contribution in [0.15, 0.2) is 23.2 Å². The molecule has 4 rings (SSSR count). The Kier molecular flexibility index (Phi) is 5.30. The van der Waals surface area contributed by atoms with Gasteiger partial charge >= 0.3 is 0 Å². The highest BCUT2D eigenvalue weighted by Crippen LogP contribution is 2.62. The first-order valence-corrected chi connectivity index (χ1v) is 11.2. The molecule has 0 aromatic heterocycles. The minimum Gasteiger partial charge on any atom is -0.381 e. The molecular weight excluding hydrogens is 348 g/mol. The van der Waals surface area contributed by atoms with Gasteiger partial charge < -0.3 is 4.74 Å². The van der Waals surface area contributed by atoms with Gasteiger partial charge in [-0.15, -0.1) is 0 Å². The summed E-state index contributed by atoms with van der Waals surface area (Å²) in [4.78, 5) is 12.2. The molecule has 1 aliphatic heterocycles. The Bertz CT molecular complexity index is 751. The number of hydrogen-bond donors (Lipinski definition) is 0. The van der Waals surface area contributed by atoms with Crippen LogP contribution in [-0.2, 0) is 28.1 Å². The molecule has 4 nitrogen and oxygen atoms in total. The lowest BCUT2D eigenvalue weighted by molar-refractivity contribution is -0.232. The predicted molar refractivity (Wildman–Crippen MR) is 113 cm³/mol. The molecule has 0 amide bonds. The number of hydrogen-bond acceptors (Lipinski definition) is 4. The van der Waals surface area contributed by atoms with E-state index in [-0.39, 0.29) is 5.41 Å². The first-order valence-electron chi connectivity index (χ1n) is 11.2. The molecule has 2 atom stereocenters. The molecule has 1 saturated carbocycles. The van der Waals surface area contributed by atoms with Crippen LogP contribution in [0.25, 0.3) is 0 Å². The van der Waals surface area contributed by atoms with Gasteiger partial charge in [-0.2, -0.15) is 0 Å². The molecule has 154 valence electrons. The van der Waals surface area contributed by atoms with E-state index in [0.29, 0.717) is 12.0 Å². The molecule has 0 bridgehead atoms. The Hall–Kier alpha value is -1.39. The van der Waals surface area contributed by atoms with Crippen molar-refractivity contribution in [2.75, 3.05) is 14.2 Å². The highest BCUT2D eigenvalue weighted by atomic mass is 16.7. The van der Waals surface area contributed by atoms with Crippen LogP contribution < -0.4 is 0 Å². The summed E-state index contributed by atoms with van der Waals surface area (Å²) in [6.45, 7) is 6.73. The number of hydroxylamine groups is 2. The highest BCUT2D eigenvalue weighted by Gasteiger charge is 2.63. The number of fused-ring (bicyclic) bond motifs is 3. The third kappa shape index (κ3) is 2.91. The molecule has 1 aromatic carbocycles. The van der Waals surface area contributed by atoms with Crippen LogP contribution in [0.2, 0.25) is 0 Å². The van der Waals surface area contributed by atoms with E-state index in [1.807, 2.05) is 19.2 Å². The third-order valence-electron chi connectivity index (χ3n) is 7.47. The van der Waals surface area contributed by atoms with Crippen molar-refractivity contribution >= 4 is 5.84 Å². The topological polar surface area (TPSA) is 34.1 Å². The largest absolute Gasteiger partial charge is 0.381 e. The van der Waals surface area contributed by atoms with Gasteiger partial charge in [0.25, 0.3) is 0 Å². The fourth-order valence-electron chi connectivity index (χ4n) is 5.63. The van der Waals surface area contributed by atoms with Crippen molar-refractivity contribution in [1.29, 1.82) is 0 Å². The quantitative estimate of drug-likeness (QED) is 0.696. The Morgan fingerprint density at radius 1 is 1.29 bits per heavy atom. The Morgan fingerprint density at radius 2 is 2.04 bits per heavy atom. The maximum atomic E-state index is 6.76. The fourth-order valence-corrected chi connectivity index (χ4v) is 5.63. The lowest BCUT2D eigenvalue weighted by atomic mass is 9.66. The van der Waals surface area contributed by atoms with Gasteiger partial charge in [-0.05, 0) is 56.1 Å². The molecule has 0 N–H and O–H groups in total. The lowest BCUT2D eigenvalue weighted by Crippen LogP contribution is -2.46. The second-order valence-corrected chi connectivity index (χ2v) is 9.15. The zero-order chi connectivity index (χ0) is 19.9. The van der Waals surface area contributed by atoms with Gasteiger partial charge in [0.1, 0.15) is 5.84 Å². The van der Waals surface area contributed by atoms with Gasteiger partial charge in [0.15, 0.2) is 0 Å². The molecule has 2 aliphatic carbocycles. The monoisotopic (exact) mass is 384 g/mol. The van der Waals surface area contributed by atoms with Crippen molar-refractivity contribution in [2.24, 2.45) is 16.3 Å². The van der Waals surface area contributed by atoms with Crippen molar-refractivity contribution in [3.63, 3.8) is 0 Å². The average Bonchev–Trinajstić information content (AvgIpc) is 3.19. The third-order valence-corrected chi connectivity index (χ3v) is 7.47. The summed E-state index contributed by atoms with van der Waals surface area (Å²) in [6.07, 6.45) is 9.18. The van der Waals surface area contributed by atoms with Crippen LogP contribution >= 0.6 is 0 Å². The maximum Gasteiger partial charge on any atom is 0.218 e. The number of nitrogens with zero attached hydrogens (tertiary/aromatic N) is 2.